The first kappa shape index (κ1) is 20.4. The molecule has 0 aromatic carbocycles. The van der Waals surface area contributed by atoms with Gasteiger partial charge in [0.05, 0.1) is 40.9 Å². The van der Waals surface area contributed by atoms with Gasteiger partial charge in [-0.2, -0.15) is 5.10 Å². The maximum absolute atomic E-state index is 13.4. The molecule has 0 fully saturated rings. The van der Waals surface area contributed by atoms with E-state index in [9.17, 15) is 4.79 Å². The summed E-state index contributed by atoms with van der Waals surface area (Å²) in [5.74, 6) is -0.0670. The lowest BCUT2D eigenvalue weighted by Gasteiger charge is -2.22. The number of rotatable bonds is 9. The summed E-state index contributed by atoms with van der Waals surface area (Å²) >= 11 is 1.60. The molecule has 150 valence electrons. The Morgan fingerprint density at radius 1 is 1.25 bits per heavy atom. The molecule has 28 heavy (non-hydrogen) atoms. The molecular formula is C20H26N4O3S. The van der Waals surface area contributed by atoms with Crippen LogP contribution in [0, 0.1) is 0 Å². The van der Waals surface area contributed by atoms with Crippen molar-refractivity contribution < 1.29 is 14.3 Å². The van der Waals surface area contributed by atoms with Crippen LogP contribution in [0.5, 0.6) is 0 Å². The van der Waals surface area contributed by atoms with Crippen molar-refractivity contribution in [3.63, 3.8) is 0 Å². The van der Waals surface area contributed by atoms with Gasteiger partial charge in [-0.05, 0) is 31.4 Å². The lowest BCUT2D eigenvalue weighted by atomic mass is 10.1. The fourth-order valence-corrected chi connectivity index (χ4v) is 3.70. The van der Waals surface area contributed by atoms with Gasteiger partial charge in [0, 0.05) is 33.4 Å². The van der Waals surface area contributed by atoms with Crippen molar-refractivity contribution in [1.29, 1.82) is 0 Å². The van der Waals surface area contributed by atoms with E-state index in [1.165, 1.54) is 0 Å². The van der Waals surface area contributed by atoms with E-state index in [2.05, 4.69) is 18.9 Å². The molecule has 0 aliphatic carbocycles. The number of pyridine rings is 1. The molecule has 0 saturated heterocycles. The van der Waals surface area contributed by atoms with E-state index >= 15 is 0 Å². The fraction of sp³-hybridized carbons (Fsp3) is 0.450. The van der Waals surface area contributed by atoms with Gasteiger partial charge in [-0.1, -0.05) is 6.07 Å². The third-order valence-corrected chi connectivity index (χ3v) is 5.37. The standard InChI is InChI=1S/C20H26N4O3S/c1-14(2)24-19-16(13-21-24)15(12-17(22-19)18-6-5-11-28-18)20(25)23(7-9-26-3)8-10-27-4/h5-6,11-14H,7-10H2,1-4H3. The van der Waals surface area contributed by atoms with Crippen LogP contribution in [-0.4, -0.2) is 66.1 Å². The molecule has 7 nitrogen and oxygen atoms in total. The predicted molar refractivity (Wildman–Crippen MR) is 111 cm³/mol. The Bertz CT molecular complexity index is 913. The molecule has 0 radical (unpaired) electrons. The van der Waals surface area contributed by atoms with Crippen LogP contribution in [0.15, 0.2) is 29.8 Å². The number of amides is 1. The third-order valence-electron chi connectivity index (χ3n) is 4.48. The summed E-state index contributed by atoms with van der Waals surface area (Å²) in [6.07, 6.45) is 1.73. The minimum Gasteiger partial charge on any atom is -0.383 e. The highest BCUT2D eigenvalue weighted by Crippen LogP contribution is 2.29. The molecule has 0 N–H and O–H groups in total. The van der Waals surface area contributed by atoms with E-state index < -0.39 is 0 Å². The summed E-state index contributed by atoms with van der Waals surface area (Å²) in [5, 5.41) is 7.25. The van der Waals surface area contributed by atoms with Crippen molar-refractivity contribution >= 4 is 28.3 Å². The summed E-state index contributed by atoms with van der Waals surface area (Å²) in [6.45, 7) is 6.03. The largest absolute Gasteiger partial charge is 0.383 e. The van der Waals surface area contributed by atoms with Crippen LogP contribution in [0.4, 0.5) is 0 Å². The van der Waals surface area contributed by atoms with E-state index in [1.54, 1.807) is 36.7 Å². The topological polar surface area (TPSA) is 69.5 Å². The summed E-state index contributed by atoms with van der Waals surface area (Å²) < 4.78 is 12.2. The molecule has 8 heteroatoms. The van der Waals surface area contributed by atoms with Gasteiger partial charge >= 0.3 is 0 Å². The van der Waals surface area contributed by atoms with Crippen LogP contribution in [0.2, 0.25) is 0 Å². The first-order valence-corrected chi connectivity index (χ1v) is 10.1. The number of aromatic nitrogens is 3. The molecular weight excluding hydrogens is 376 g/mol. The number of thiophene rings is 1. The number of hydrogen-bond donors (Lipinski definition) is 0. The molecule has 3 rings (SSSR count). The summed E-state index contributed by atoms with van der Waals surface area (Å²) in [4.78, 5) is 21.0. The van der Waals surface area contributed by atoms with Gasteiger partial charge in [-0.25, -0.2) is 9.67 Å². The number of ether oxygens (including phenoxy) is 2. The monoisotopic (exact) mass is 402 g/mol. The van der Waals surface area contributed by atoms with E-state index in [1.807, 2.05) is 28.3 Å². The van der Waals surface area contributed by atoms with Crippen LogP contribution < -0.4 is 0 Å². The Hall–Kier alpha value is -2.29. The van der Waals surface area contributed by atoms with Gasteiger partial charge in [0.15, 0.2) is 5.65 Å². The average Bonchev–Trinajstić information content (AvgIpc) is 3.36. The molecule has 3 heterocycles. The lowest BCUT2D eigenvalue weighted by Crippen LogP contribution is -2.36. The molecule has 0 aliphatic rings. The van der Waals surface area contributed by atoms with Crippen molar-refractivity contribution in [2.75, 3.05) is 40.5 Å². The minimum absolute atomic E-state index is 0.0670. The second kappa shape index (κ2) is 9.27. The van der Waals surface area contributed by atoms with Crippen LogP contribution in [-0.2, 0) is 9.47 Å². The summed E-state index contributed by atoms with van der Waals surface area (Å²) in [6, 6.07) is 6.01. The Morgan fingerprint density at radius 2 is 1.96 bits per heavy atom. The number of carbonyl (C=O) groups is 1. The smallest absolute Gasteiger partial charge is 0.254 e. The molecule has 3 aromatic rings. The Morgan fingerprint density at radius 3 is 2.54 bits per heavy atom. The van der Waals surface area contributed by atoms with Crippen molar-refractivity contribution in [3.05, 3.63) is 35.3 Å². The van der Waals surface area contributed by atoms with E-state index in [-0.39, 0.29) is 11.9 Å². The highest BCUT2D eigenvalue weighted by molar-refractivity contribution is 7.13. The van der Waals surface area contributed by atoms with E-state index in [4.69, 9.17) is 14.5 Å². The number of fused-ring (bicyclic) bond motifs is 1. The second-order valence-corrected chi connectivity index (χ2v) is 7.68. The third kappa shape index (κ3) is 4.24. The number of hydrogen-bond acceptors (Lipinski definition) is 6. The highest BCUT2D eigenvalue weighted by atomic mass is 32.1. The van der Waals surface area contributed by atoms with Gasteiger partial charge in [-0.3, -0.25) is 4.79 Å². The normalized spacial score (nSPS) is 11.5. The van der Waals surface area contributed by atoms with Gasteiger partial charge in [-0.15, -0.1) is 11.3 Å². The molecule has 0 unspecified atom stereocenters. The maximum Gasteiger partial charge on any atom is 0.254 e. The molecule has 1 amide bonds. The predicted octanol–water partition coefficient (Wildman–Crippen LogP) is 3.48. The minimum atomic E-state index is -0.0670. The van der Waals surface area contributed by atoms with Crippen molar-refractivity contribution in [2.45, 2.75) is 19.9 Å². The van der Waals surface area contributed by atoms with E-state index in [0.29, 0.717) is 31.9 Å². The molecule has 0 aliphatic heterocycles. The first-order chi connectivity index (χ1) is 13.6. The number of nitrogens with zero attached hydrogens (tertiary/aromatic N) is 4. The Kier molecular flexibility index (Phi) is 6.77. The van der Waals surface area contributed by atoms with Crippen LogP contribution in [0.25, 0.3) is 21.6 Å². The first-order valence-electron chi connectivity index (χ1n) is 9.26. The van der Waals surface area contributed by atoms with Crippen LogP contribution in [0.3, 0.4) is 0 Å². The fourth-order valence-electron chi connectivity index (χ4n) is 3.01. The summed E-state index contributed by atoms with van der Waals surface area (Å²) in [5.41, 5.74) is 2.11. The van der Waals surface area contributed by atoms with Gasteiger partial charge < -0.3 is 14.4 Å². The van der Waals surface area contributed by atoms with Gasteiger partial charge in [0.25, 0.3) is 5.91 Å². The maximum atomic E-state index is 13.4. The average molecular weight is 403 g/mol. The number of carbonyl (C=O) groups excluding carboxylic acids is 1. The van der Waals surface area contributed by atoms with Crippen LogP contribution in [0.1, 0.15) is 30.2 Å². The zero-order valence-corrected chi connectivity index (χ0v) is 17.5. The van der Waals surface area contributed by atoms with Crippen LogP contribution >= 0.6 is 11.3 Å². The van der Waals surface area contributed by atoms with E-state index in [0.717, 1.165) is 21.6 Å². The Balaban J connectivity index is 2.10. The Labute approximate surface area is 168 Å². The molecule has 0 spiro atoms. The van der Waals surface area contributed by atoms with Crippen molar-refractivity contribution in [1.82, 2.24) is 19.7 Å². The molecule has 0 bridgehead atoms. The second-order valence-electron chi connectivity index (χ2n) is 6.73. The summed E-state index contributed by atoms with van der Waals surface area (Å²) in [7, 11) is 3.26. The molecule has 0 saturated carbocycles. The highest BCUT2D eigenvalue weighted by Gasteiger charge is 2.22. The quantitative estimate of drug-likeness (QED) is 0.548. The van der Waals surface area contributed by atoms with Gasteiger partial charge in [0.2, 0.25) is 0 Å². The molecule has 3 aromatic heterocycles. The van der Waals surface area contributed by atoms with Crippen molar-refractivity contribution in [2.24, 2.45) is 0 Å². The SMILES string of the molecule is COCCN(CCOC)C(=O)c1cc(-c2cccs2)nc2c1cnn2C(C)C. The van der Waals surface area contributed by atoms with Gasteiger partial charge in [0.1, 0.15) is 0 Å². The number of methoxy groups -OCH3 is 2. The zero-order chi connectivity index (χ0) is 20.1. The zero-order valence-electron chi connectivity index (χ0n) is 16.7. The lowest BCUT2D eigenvalue weighted by molar-refractivity contribution is 0.0629. The molecule has 0 atom stereocenters. The van der Waals surface area contributed by atoms with Crippen molar-refractivity contribution in [3.8, 4) is 10.6 Å².